The molecular formula is C19H21NO3S. The van der Waals surface area contributed by atoms with E-state index >= 15 is 0 Å². The molecule has 1 amide bonds. The normalized spacial score (nSPS) is 10.2. The molecule has 0 radical (unpaired) electrons. The third kappa shape index (κ3) is 6.46. The predicted molar refractivity (Wildman–Crippen MR) is 97.3 cm³/mol. The molecule has 0 aromatic heterocycles. The van der Waals surface area contributed by atoms with Crippen molar-refractivity contribution >= 4 is 29.3 Å². The number of carbonyl (C=O) groups is 2. The van der Waals surface area contributed by atoms with Gasteiger partial charge in [-0.3, -0.25) is 9.59 Å². The van der Waals surface area contributed by atoms with Gasteiger partial charge in [-0.15, -0.1) is 11.8 Å². The minimum absolute atomic E-state index is 0.262. The molecule has 0 fully saturated rings. The molecule has 2 rings (SSSR count). The first-order valence-corrected chi connectivity index (χ1v) is 8.73. The van der Waals surface area contributed by atoms with Crippen molar-refractivity contribution in [3.63, 3.8) is 0 Å². The average molecular weight is 343 g/mol. The summed E-state index contributed by atoms with van der Waals surface area (Å²) in [5, 5.41) is 2.74. The predicted octanol–water partition coefficient (Wildman–Crippen LogP) is 3.97. The van der Waals surface area contributed by atoms with Gasteiger partial charge >= 0.3 is 5.97 Å². The number of amides is 1. The van der Waals surface area contributed by atoms with Crippen molar-refractivity contribution in [2.75, 3.05) is 17.7 Å². The summed E-state index contributed by atoms with van der Waals surface area (Å²) < 4.78 is 5.01. The fourth-order valence-electron chi connectivity index (χ4n) is 2.23. The van der Waals surface area contributed by atoms with Gasteiger partial charge in [0.25, 0.3) is 5.91 Å². The van der Waals surface area contributed by atoms with Crippen molar-refractivity contribution in [3.05, 3.63) is 59.7 Å². The first kappa shape index (κ1) is 18.1. The Labute approximate surface area is 146 Å². The Hall–Kier alpha value is -2.27. The van der Waals surface area contributed by atoms with Gasteiger partial charge in [0.15, 0.2) is 6.61 Å². The third-order valence-corrected chi connectivity index (χ3v) is 4.20. The number of nitrogens with one attached hydrogen (secondary N) is 1. The molecule has 2 aromatic rings. The number of anilines is 1. The van der Waals surface area contributed by atoms with Crippen molar-refractivity contribution in [3.8, 4) is 0 Å². The van der Waals surface area contributed by atoms with Crippen LogP contribution in [0.3, 0.4) is 0 Å². The third-order valence-electron chi connectivity index (χ3n) is 3.19. The summed E-state index contributed by atoms with van der Waals surface area (Å²) in [6, 6.07) is 15.6. The summed E-state index contributed by atoms with van der Waals surface area (Å²) >= 11 is 1.59. The van der Waals surface area contributed by atoms with Crippen LogP contribution in [-0.4, -0.2) is 24.2 Å². The number of carbonyl (C=O) groups excluding carboxylic acids is 2. The number of hydrogen-bond donors (Lipinski definition) is 1. The molecule has 2 aromatic carbocycles. The average Bonchev–Trinajstić information content (AvgIpc) is 2.53. The molecule has 126 valence electrons. The van der Waals surface area contributed by atoms with Crippen LogP contribution >= 0.6 is 11.8 Å². The molecule has 0 aliphatic heterocycles. The maximum absolute atomic E-state index is 11.8. The second-order valence-corrected chi connectivity index (χ2v) is 6.67. The van der Waals surface area contributed by atoms with Crippen LogP contribution in [0, 0.1) is 13.8 Å². The highest BCUT2D eigenvalue weighted by Gasteiger charge is 2.08. The second-order valence-electron chi connectivity index (χ2n) is 5.50. The van der Waals surface area contributed by atoms with E-state index < -0.39 is 0 Å². The van der Waals surface area contributed by atoms with Gasteiger partial charge in [0, 0.05) is 16.3 Å². The Morgan fingerprint density at radius 1 is 1.04 bits per heavy atom. The summed E-state index contributed by atoms with van der Waals surface area (Å²) in [5.41, 5.74) is 2.86. The van der Waals surface area contributed by atoms with Gasteiger partial charge in [-0.2, -0.15) is 0 Å². The summed E-state index contributed by atoms with van der Waals surface area (Å²) in [6.45, 7) is 3.67. The quantitative estimate of drug-likeness (QED) is 0.610. The van der Waals surface area contributed by atoms with Crippen molar-refractivity contribution in [2.45, 2.75) is 25.2 Å². The highest BCUT2D eigenvalue weighted by atomic mass is 32.2. The summed E-state index contributed by atoms with van der Waals surface area (Å²) in [6.07, 6.45) is 0.274. The molecule has 0 aliphatic carbocycles. The minimum Gasteiger partial charge on any atom is -0.456 e. The van der Waals surface area contributed by atoms with E-state index in [2.05, 4.69) is 5.32 Å². The van der Waals surface area contributed by atoms with Crippen molar-refractivity contribution in [1.82, 2.24) is 0 Å². The highest BCUT2D eigenvalue weighted by molar-refractivity contribution is 7.99. The summed E-state index contributed by atoms with van der Waals surface area (Å²) in [7, 11) is 0. The standard InChI is InChI=1S/C19H21NO3S/c1-14-10-15(2)12-16(11-14)20-18(21)13-23-19(22)8-9-24-17-6-4-3-5-7-17/h3-7,10-12H,8-9,13H2,1-2H3,(H,20,21). The lowest BCUT2D eigenvalue weighted by Gasteiger charge is -2.08. The second kappa shape index (κ2) is 9.13. The van der Waals surface area contributed by atoms with Crippen LogP contribution in [0.15, 0.2) is 53.4 Å². The number of ether oxygens (including phenoxy) is 1. The van der Waals surface area contributed by atoms with E-state index in [0.29, 0.717) is 11.4 Å². The van der Waals surface area contributed by atoms with E-state index in [9.17, 15) is 9.59 Å². The molecule has 24 heavy (non-hydrogen) atoms. The van der Waals surface area contributed by atoms with E-state index in [0.717, 1.165) is 16.0 Å². The van der Waals surface area contributed by atoms with Crippen LogP contribution in [0.25, 0.3) is 0 Å². The molecule has 0 heterocycles. The molecule has 1 N–H and O–H groups in total. The monoisotopic (exact) mass is 343 g/mol. The van der Waals surface area contributed by atoms with Crippen molar-refractivity contribution < 1.29 is 14.3 Å². The van der Waals surface area contributed by atoms with Gasteiger partial charge in [-0.25, -0.2) is 0 Å². The molecule has 0 spiro atoms. The van der Waals surface area contributed by atoms with Crippen LogP contribution in [0.5, 0.6) is 0 Å². The fourth-order valence-corrected chi connectivity index (χ4v) is 3.09. The fraction of sp³-hybridized carbons (Fsp3) is 0.263. The van der Waals surface area contributed by atoms with Gasteiger partial charge in [0.05, 0.1) is 6.42 Å². The molecule has 0 saturated heterocycles. The van der Waals surface area contributed by atoms with Crippen LogP contribution in [-0.2, 0) is 14.3 Å². The first-order valence-electron chi connectivity index (χ1n) is 7.74. The van der Waals surface area contributed by atoms with E-state index in [1.54, 1.807) is 11.8 Å². The highest BCUT2D eigenvalue weighted by Crippen LogP contribution is 2.18. The molecule has 0 atom stereocenters. The maximum atomic E-state index is 11.8. The number of rotatable bonds is 7. The smallest absolute Gasteiger partial charge is 0.307 e. The largest absolute Gasteiger partial charge is 0.456 e. The van der Waals surface area contributed by atoms with Crippen LogP contribution in [0.1, 0.15) is 17.5 Å². The lowest BCUT2D eigenvalue weighted by atomic mass is 10.1. The molecule has 0 unspecified atom stereocenters. The molecule has 0 saturated carbocycles. The lowest BCUT2D eigenvalue weighted by molar-refractivity contribution is -0.146. The zero-order valence-corrected chi connectivity index (χ0v) is 14.7. The molecular weight excluding hydrogens is 322 g/mol. The zero-order valence-electron chi connectivity index (χ0n) is 13.9. The molecule has 0 aliphatic rings. The zero-order chi connectivity index (χ0) is 17.4. The van der Waals surface area contributed by atoms with Gasteiger partial charge in [-0.05, 0) is 49.2 Å². The van der Waals surface area contributed by atoms with Gasteiger partial charge < -0.3 is 10.1 Å². The molecule has 4 nitrogen and oxygen atoms in total. The Morgan fingerprint density at radius 2 is 1.71 bits per heavy atom. The minimum atomic E-state index is -0.367. The van der Waals surface area contributed by atoms with Crippen LogP contribution in [0.2, 0.25) is 0 Å². The van der Waals surface area contributed by atoms with Gasteiger partial charge in [0.1, 0.15) is 0 Å². The summed E-state index contributed by atoms with van der Waals surface area (Å²) in [5.74, 6) is -0.0697. The summed E-state index contributed by atoms with van der Waals surface area (Å²) in [4.78, 5) is 24.6. The van der Waals surface area contributed by atoms with Crippen molar-refractivity contribution in [1.29, 1.82) is 0 Å². The number of benzene rings is 2. The number of aryl methyl sites for hydroxylation is 2. The Bertz CT molecular complexity index is 681. The number of hydrogen-bond acceptors (Lipinski definition) is 4. The van der Waals surface area contributed by atoms with Crippen LogP contribution < -0.4 is 5.32 Å². The Kier molecular flexibility index (Phi) is 6.88. The van der Waals surface area contributed by atoms with Gasteiger partial charge in [-0.1, -0.05) is 24.3 Å². The lowest BCUT2D eigenvalue weighted by Crippen LogP contribution is -2.21. The van der Waals surface area contributed by atoms with Gasteiger partial charge in [0.2, 0.25) is 0 Å². The topological polar surface area (TPSA) is 55.4 Å². The Morgan fingerprint density at radius 3 is 2.38 bits per heavy atom. The van der Waals surface area contributed by atoms with Crippen LogP contribution in [0.4, 0.5) is 5.69 Å². The van der Waals surface area contributed by atoms with E-state index in [-0.39, 0.29) is 24.9 Å². The first-order chi connectivity index (χ1) is 11.5. The Balaban J connectivity index is 1.68. The van der Waals surface area contributed by atoms with E-state index in [4.69, 9.17) is 4.74 Å². The molecule has 5 heteroatoms. The number of thioether (sulfide) groups is 1. The maximum Gasteiger partial charge on any atom is 0.307 e. The number of esters is 1. The van der Waals surface area contributed by atoms with E-state index in [1.165, 1.54) is 0 Å². The molecule has 0 bridgehead atoms. The van der Waals surface area contributed by atoms with E-state index in [1.807, 2.05) is 62.4 Å². The van der Waals surface area contributed by atoms with Crippen molar-refractivity contribution in [2.24, 2.45) is 0 Å². The SMILES string of the molecule is Cc1cc(C)cc(NC(=O)COC(=O)CCSc2ccccc2)c1.